The molecule has 0 saturated carbocycles. The maximum Gasteiger partial charge on any atom is 0.303 e. The number of rotatable bonds is 6. The monoisotopic (exact) mass is 350 g/mol. The zero-order valence-corrected chi connectivity index (χ0v) is 14.7. The van der Waals surface area contributed by atoms with Gasteiger partial charge < -0.3 is 5.11 Å². The van der Waals surface area contributed by atoms with Crippen LogP contribution in [0.15, 0.2) is 60.7 Å². The van der Waals surface area contributed by atoms with Gasteiger partial charge in [0, 0.05) is 6.42 Å². The molecule has 2 aromatic carbocycles. The molecule has 1 atom stereocenters. The number of aliphatic carboxylic acids is 1. The van der Waals surface area contributed by atoms with Crippen molar-refractivity contribution in [1.29, 1.82) is 0 Å². The number of amides is 1. The van der Waals surface area contributed by atoms with E-state index in [1.807, 2.05) is 48.5 Å². The minimum atomic E-state index is -0.974. The van der Waals surface area contributed by atoms with Crippen molar-refractivity contribution in [3.8, 4) is 0 Å². The summed E-state index contributed by atoms with van der Waals surface area (Å²) in [6.07, 6.45) is 2.74. The third-order valence-corrected chi connectivity index (χ3v) is 4.48. The molecule has 1 unspecified atom stereocenters. The second-order valence-electron chi connectivity index (χ2n) is 6.26. The zero-order valence-electron chi connectivity index (χ0n) is 14.7. The summed E-state index contributed by atoms with van der Waals surface area (Å²) in [5, 5.41) is 10.4. The first-order valence-corrected chi connectivity index (χ1v) is 8.75. The highest BCUT2D eigenvalue weighted by molar-refractivity contribution is 5.83. The minimum absolute atomic E-state index is 0.0399. The Kier molecular flexibility index (Phi) is 5.37. The first-order chi connectivity index (χ1) is 12.6. The van der Waals surface area contributed by atoms with Crippen molar-refractivity contribution in [3.63, 3.8) is 0 Å². The molecule has 0 saturated heterocycles. The molecule has 0 aliphatic carbocycles. The Morgan fingerprint density at radius 2 is 1.73 bits per heavy atom. The predicted octanol–water partition coefficient (Wildman–Crippen LogP) is 3.54. The van der Waals surface area contributed by atoms with Crippen LogP contribution < -0.4 is 5.43 Å². The van der Waals surface area contributed by atoms with Crippen LogP contribution in [0, 0.1) is 0 Å². The van der Waals surface area contributed by atoms with Crippen molar-refractivity contribution >= 4 is 17.6 Å². The lowest BCUT2D eigenvalue weighted by Gasteiger charge is -2.25. The predicted molar refractivity (Wildman–Crippen MR) is 99.8 cm³/mol. The molecule has 3 rings (SSSR count). The molecule has 134 valence electrons. The van der Waals surface area contributed by atoms with Gasteiger partial charge >= 0.3 is 5.97 Å². The Hall–Kier alpha value is -3.08. The summed E-state index contributed by atoms with van der Waals surface area (Å²) in [5.41, 5.74) is 7.21. The average Bonchev–Trinajstić information content (AvgIpc) is 3.12. The van der Waals surface area contributed by atoms with Crippen molar-refractivity contribution in [3.05, 3.63) is 77.4 Å². The van der Waals surface area contributed by atoms with E-state index in [9.17, 15) is 9.59 Å². The van der Waals surface area contributed by atoms with Gasteiger partial charge in [0.05, 0.1) is 18.2 Å². The quantitative estimate of drug-likeness (QED) is 0.836. The van der Waals surface area contributed by atoms with Crippen molar-refractivity contribution in [2.45, 2.75) is 32.2 Å². The Balaban J connectivity index is 1.89. The first-order valence-electron chi connectivity index (χ1n) is 8.75. The van der Waals surface area contributed by atoms with Crippen molar-refractivity contribution in [1.82, 2.24) is 10.4 Å². The SMILES string of the molecule is CCc1ccc(C2C=C(c3ccccc3)NN2C(=O)CCC(=O)O)cc1. The van der Waals surface area contributed by atoms with Crippen molar-refractivity contribution < 1.29 is 14.7 Å². The Morgan fingerprint density at radius 1 is 1.04 bits per heavy atom. The Bertz CT molecular complexity index is 813. The normalized spacial score (nSPS) is 16.1. The molecule has 5 nitrogen and oxygen atoms in total. The summed E-state index contributed by atoms with van der Waals surface area (Å²) in [4.78, 5) is 23.4. The van der Waals surface area contributed by atoms with Crippen LogP contribution in [0.3, 0.4) is 0 Å². The maximum absolute atomic E-state index is 12.6. The smallest absolute Gasteiger partial charge is 0.303 e. The molecule has 1 aliphatic heterocycles. The molecule has 0 fully saturated rings. The molecular weight excluding hydrogens is 328 g/mol. The Morgan fingerprint density at radius 3 is 2.35 bits per heavy atom. The largest absolute Gasteiger partial charge is 0.481 e. The number of carboxylic acids is 1. The average molecular weight is 350 g/mol. The highest BCUT2D eigenvalue weighted by atomic mass is 16.4. The topological polar surface area (TPSA) is 69.6 Å². The van der Waals surface area contributed by atoms with Gasteiger partial charge in [-0.25, -0.2) is 5.01 Å². The number of carboxylic acid groups (broad SMARTS) is 1. The fourth-order valence-corrected chi connectivity index (χ4v) is 3.00. The van der Waals surface area contributed by atoms with Gasteiger partial charge in [-0.1, -0.05) is 61.5 Å². The van der Waals surface area contributed by atoms with Gasteiger partial charge in [0.15, 0.2) is 0 Å². The molecule has 2 aromatic rings. The zero-order chi connectivity index (χ0) is 18.5. The summed E-state index contributed by atoms with van der Waals surface area (Å²) in [6.45, 7) is 2.10. The molecule has 0 spiro atoms. The lowest BCUT2D eigenvalue weighted by molar-refractivity contribution is -0.142. The standard InChI is InChI=1S/C21H22N2O3/c1-2-15-8-10-17(11-9-15)19-14-18(16-6-4-3-5-7-16)22-23(19)20(24)12-13-21(25)26/h3-11,14,19,22H,2,12-13H2,1H3,(H,25,26). The van der Waals surface area contributed by atoms with E-state index in [2.05, 4.69) is 24.5 Å². The summed E-state index contributed by atoms with van der Waals surface area (Å²) in [7, 11) is 0. The number of hydrogen-bond acceptors (Lipinski definition) is 3. The molecule has 0 bridgehead atoms. The van der Waals surface area contributed by atoms with E-state index in [1.165, 1.54) is 10.6 Å². The molecule has 1 aliphatic rings. The van der Waals surface area contributed by atoms with Crippen LogP contribution in [0.4, 0.5) is 0 Å². The van der Waals surface area contributed by atoms with Crippen LogP contribution in [0.2, 0.25) is 0 Å². The fourth-order valence-electron chi connectivity index (χ4n) is 3.00. The van der Waals surface area contributed by atoms with Crippen molar-refractivity contribution in [2.24, 2.45) is 0 Å². The number of benzene rings is 2. The number of carbonyl (C=O) groups is 2. The van der Waals surface area contributed by atoms with Gasteiger partial charge in [-0.15, -0.1) is 0 Å². The van der Waals surface area contributed by atoms with Crippen LogP contribution in [0.25, 0.3) is 5.70 Å². The van der Waals surface area contributed by atoms with E-state index in [-0.39, 0.29) is 24.8 Å². The lowest BCUT2D eigenvalue weighted by atomic mass is 10.0. The third-order valence-electron chi connectivity index (χ3n) is 4.48. The number of hydrogen-bond donors (Lipinski definition) is 2. The second-order valence-corrected chi connectivity index (χ2v) is 6.26. The molecule has 1 amide bonds. The third kappa shape index (κ3) is 3.94. The number of aryl methyl sites for hydroxylation is 1. The molecule has 26 heavy (non-hydrogen) atoms. The number of nitrogens with one attached hydrogen (secondary N) is 1. The van der Waals surface area contributed by atoms with Gasteiger partial charge in [0.2, 0.25) is 5.91 Å². The molecule has 5 heteroatoms. The van der Waals surface area contributed by atoms with Gasteiger partial charge in [-0.2, -0.15) is 0 Å². The maximum atomic E-state index is 12.6. The van der Waals surface area contributed by atoms with Crippen LogP contribution >= 0.6 is 0 Å². The van der Waals surface area contributed by atoms with E-state index in [1.54, 1.807) is 0 Å². The second kappa shape index (κ2) is 7.87. The number of carbonyl (C=O) groups excluding carboxylic acids is 1. The van der Waals surface area contributed by atoms with E-state index in [0.717, 1.165) is 23.2 Å². The van der Waals surface area contributed by atoms with Crippen LogP contribution in [-0.2, 0) is 16.0 Å². The van der Waals surface area contributed by atoms with Crippen LogP contribution in [-0.4, -0.2) is 22.0 Å². The summed E-state index contributed by atoms with van der Waals surface area (Å²) < 4.78 is 0. The minimum Gasteiger partial charge on any atom is -0.481 e. The summed E-state index contributed by atoms with van der Waals surface area (Å²) >= 11 is 0. The van der Waals surface area contributed by atoms with Gasteiger partial charge in [-0.05, 0) is 29.2 Å². The van der Waals surface area contributed by atoms with Crippen LogP contribution in [0.5, 0.6) is 0 Å². The molecule has 2 N–H and O–H groups in total. The highest BCUT2D eigenvalue weighted by Gasteiger charge is 2.30. The lowest BCUT2D eigenvalue weighted by Crippen LogP contribution is -2.39. The summed E-state index contributed by atoms with van der Waals surface area (Å²) in [5.74, 6) is -1.21. The summed E-state index contributed by atoms with van der Waals surface area (Å²) in [6, 6.07) is 17.7. The Labute approximate surface area is 152 Å². The van der Waals surface area contributed by atoms with E-state index < -0.39 is 5.97 Å². The van der Waals surface area contributed by atoms with E-state index in [0.29, 0.717) is 0 Å². The van der Waals surface area contributed by atoms with Crippen molar-refractivity contribution in [2.75, 3.05) is 0 Å². The van der Waals surface area contributed by atoms with Crippen LogP contribution in [0.1, 0.15) is 42.5 Å². The molecule has 0 aromatic heterocycles. The molecular formula is C21H22N2O3. The van der Waals surface area contributed by atoms with Gasteiger partial charge in [-0.3, -0.25) is 15.0 Å². The van der Waals surface area contributed by atoms with E-state index >= 15 is 0 Å². The van der Waals surface area contributed by atoms with Gasteiger partial charge in [0.25, 0.3) is 0 Å². The van der Waals surface area contributed by atoms with E-state index in [4.69, 9.17) is 5.11 Å². The molecule has 0 radical (unpaired) electrons. The first kappa shape index (κ1) is 17.7. The molecule has 1 heterocycles. The highest BCUT2D eigenvalue weighted by Crippen LogP contribution is 2.32. The number of nitrogens with zero attached hydrogens (tertiary/aromatic N) is 1. The fraction of sp³-hybridized carbons (Fsp3) is 0.238. The van der Waals surface area contributed by atoms with Gasteiger partial charge in [0.1, 0.15) is 0 Å². The number of hydrazine groups is 1.